The Bertz CT molecular complexity index is 1070. The Labute approximate surface area is 186 Å². The Balaban J connectivity index is 1.34. The maximum Gasteiger partial charge on any atom is 0.263 e. The summed E-state index contributed by atoms with van der Waals surface area (Å²) in [6.45, 7) is 4.06. The molecule has 0 radical (unpaired) electrons. The highest BCUT2D eigenvalue weighted by Gasteiger charge is 2.27. The van der Waals surface area contributed by atoms with Crippen molar-refractivity contribution in [2.24, 2.45) is 0 Å². The topological polar surface area (TPSA) is 67.8 Å². The molecule has 0 spiro atoms. The van der Waals surface area contributed by atoms with E-state index in [1.165, 1.54) is 12.1 Å². The molecule has 1 atom stereocenters. The number of hydrogen-bond donors (Lipinski definition) is 0. The fourth-order valence-corrected chi connectivity index (χ4v) is 3.70. The van der Waals surface area contributed by atoms with Gasteiger partial charge in [0, 0.05) is 37.8 Å². The van der Waals surface area contributed by atoms with E-state index in [9.17, 15) is 9.18 Å². The van der Waals surface area contributed by atoms with E-state index >= 15 is 0 Å². The summed E-state index contributed by atoms with van der Waals surface area (Å²) in [6.07, 6.45) is -0.691. The van der Waals surface area contributed by atoms with Gasteiger partial charge in [-0.2, -0.15) is 0 Å². The fraction of sp³-hybridized carbons (Fsp3) is 0.292. The number of hydrogen-bond acceptors (Lipinski definition) is 6. The molecule has 1 aliphatic rings. The molecular weight excluding hydrogens is 411 g/mol. The van der Waals surface area contributed by atoms with Crippen molar-refractivity contribution < 1.29 is 18.7 Å². The van der Waals surface area contributed by atoms with E-state index in [1.54, 1.807) is 31.1 Å². The van der Waals surface area contributed by atoms with Gasteiger partial charge in [-0.05, 0) is 43.3 Å². The predicted octanol–water partition coefficient (Wildman–Crippen LogP) is 3.41. The fourth-order valence-electron chi connectivity index (χ4n) is 3.70. The molecule has 1 saturated heterocycles. The molecule has 2 aromatic carbocycles. The second kappa shape index (κ2) is 9.64. The molecule has 1 aromatic heterocycles. The Morgan fingerprint density at radius 3 is 2.47 bits per heavy atom. The number of anilines is 1. The van der Waals surface area contributed by atoms with Crippen molar-refractivity contribution in [3.8, 4) is 22.8 Å². The van der Waals surface area contributed by atoms with E-state index in [0.717, 1.165) is 22.8 Å². The summed E-state index contributed by atoms with van der Waals surface area (Å²) < 4.78 is 24.4. The van der Waals surface area contributed by atoms with E-state index in [0.29, 0.717) is 31.9 Å². The highest BCUT2D eigenvalue weighted by Crippen LogP contribution is 2.28. The van der Waals surface area contributed by atoms with Crippen LogP contribution in [0.25, 0.3) is 11.3 Å². The maximum atomic E-state index is 13.3. The van der Waals surface area contributed by atoms with E-state index in [2.05, 4.69) is 15.1 Å². The van der Waals surface area contributed by atoms with Crippen molar-refractivity contribution in [2.75, 3.05) is 38.2 Å². The van der Waals surface area contributed by atoms with Crippen LogP contribution in [0.5, 0.6) is 11.5 Å². The highest BCUT2D eigenvalue weighted by molar-refractivity contribution is 5.81. The quantitative estimate of drug-likeness (QED) is 0.590. The lowest BCUT2D eigenvalue weighted by molar-refractivity contribution is -0.138. The third-order valence-electron chi connectivity index (χ3n) is 5.41. The van der Waals surface area contributed by atoms with Gasteiger partial charge >= 0.3 is 0 Å². The van der Waals surface area contributed by atoms with Crippen molar-refractivity contribution in [1.82, 2.24) is 15.1 Å². The molecule has 8 heteroatoms. The zero-order valence-corrected chi connectivity index (χ0v) is 18.1. The van der Waals surface area contributed by atoms with Crippen LogP contribution < -0.4 is 14.4 Å². The molecule has 0 bridgehead atoms. The minimum absolute atomic E-state index is 0.119. The van der Waals surface area contributed by atoms with Crippen molar-refractivity contribution in [2.45, 2.75) is 13.0 Å². The number of para-hydroxylation sites is 1. The number of methoxy groups -OCH3 is 1. The lowest BCUT2D eigenvalue weighted by atomic mass is 10.1. The first-order valence-corrected chi connectivity index (χ1v) is 10.5. The minimum atomic E-state index is -0.691. The zero-order chi connectivity index (χ0) is 22.5. The number of halogens is 1. The van der Waals surface area contributed by atoms with Gasteiger partial charge in [0.25, 0.3) is 5.91 Å². The molecule has 0 saturated carbocycles. The SMILES string of the molecule is COc1ccccc1-c1ccc(N2CCN(C(=O)C(C)Oc3cccc(F)c3)CC2)nn1. The molecule has 166 valence electrons. The summed E-state index contributed by atoms with van der Waals surface area (Å²) in [5.41, 5.74) is 1.63. The summed E-state index contributed by atoms with van der Waals surface area (Å²) in [6, 6.07) is 17.3. The normalized spacial score (nSPS) is 14.7. The Morgan fingerprint density at radius 1 is 1.00 bits per heavy atom. The summed E-state index contributed by atoms with van der Waals surface area (Å²) in [5, 5.41) is 8.75. The zero-order valence-electron chi connectivity index (χ0n) is 18.1. The van der Waals surface area contributed by atoms with Crippen LogP contribution in [0.15, 0.2) is 60.7 Å². The van der Waals surface area contributed by atoms with Gasteiger partial charge in [0.2, 0.25) is 0 Å². The number of benzene rings is 2. The molecule has 1 aliphatic heterocycles. The molecule has 7 nitrogen and oxygen atoms in total. The van der Waals surface area contributed by atoms with Gasteiger partial charge in [0.1, 0.15) is 17.3 Å². The summed E-state index contributed by atoms with van der Waals surface area (Å²) in [4.78, 5) is 16.6. The number of ether oxygens (including phenoxy) is 2. The smallest absolute Gasteiger partial charge is 0.263 e. The first kappa shape index (κ1) is 21.5. The van der Waals surface area contributed by atoms with Gasteiger partial charge in [-0.15, -0.1) is 10.2 Å². The van der Waals surface area contributed by atoms with Gasteiger partial charge in [-0.25, -0.2) is 4.39 Å². The van der Waals surface area contributed by atoms with Crippen LogP contribution in [-0.4, -0.2) is 60.4 Å². The third-order valence-corrected chi connectivity index (χ3v) is 5.41. The van der Waals surface area contributed by atoms with Crippen molar-refractivity contribution in [1.29, 1.82) is 0 Å². The summed E-state index contributed by atoms with van der Waals surface area (Å²) in [7, 11) is 1.63. The van der Waals surface area contributed by atoms with E-state index in [1.807, 2.05) is 36.4 Å². The van der Waals surface area contributed by atoms with Crippen LogP contribution in [0.1, 0.15) is 6.92 Å². The number of carbonyl (C=O) groups is 1. The average Bonchev–Trinajstić information content (AvgIpc) is 2.84. The summed E-state index contributed by atoms with van der Waals surface area (Å²) in [5.74, 6) is 1.34. The van der Waals surface area contributed by atoms with Crippen LogP contribution in [0.4, 0.5) is 10.2 Å². The predicted molar refractivity (Wildman–Crippen MR) is 119 cm³/mol. The van der Waals surface area contributed by atoms with Gasteiger partial charge < -0.3 is 19.3 Å². The lowest BCUT2D eigenvalue weighted by Crippen LogP contribution is -2.52. The lowest BCUT2D eigenvalue weighted by Gasteiger charge is -2.36. The number of rotatable bonds is 6. The van der Waals surface area contributed by atoms with Crippen LogP contribution in [0, 0.1) is 5.82 Å². The second-order valence-electron chi connectivity index (χ2n) is 7.51. The largest absolute Gasteiger partial charge is 0.496 e. The molecule has 32 heavy (non-hydrogen) atoms. The molecule has 1 fully saturated rings. The van der Waals surface area contributed by atoms with Gasteiger partial charge in [-0.3, -0.25) is 4.79 Å². The Hall–Kier alpha value is -3.68. The highest BCUT2D eigenvalue weighted by atomic mass is 19.1. The van der Waals surface area contributed by atoms with E-state index in [-0.39, 0.29) is 5.91 Å². The first-order chi connectivity index (χ1) is 15.5. The van der Waals surface area contributed by atoms with Crippen molar-refractivity contribution in [3.63, 3.8) is 0 Å². The molecular formula is C24H25FN4O3. The summed E-state index contributed by atoms with van der Waals surface area (Å²) >= 11 is 0. The molecule has 3 aromatic rings. The Morgan fingerprint density at radius 2 is 1.78 bits per heavy atom. The van der Waals surface area contributed by atoms with Gasteiger partial charge in [0.05, 0.1) is 12.8 Å². The van der Waals surface area contributed by atoms with Crippen LogP contribution in [0.3, 0.4) is 0 Å². The number of amides is 1. The van der Waals surface area contributed by atoms with Gasteiger partial charge in [0.15, 0.2) is 11.9 Å². The van der Waals surface area contributed by atoms with Gasteiger partial charge in [-0.1, -0.05) is 18.2 Å². The molecule has 2 heterocycles. The standard InChI is InChI=1S/C24H25FN4O3/c1-17(32-19-7-5-6-18(25)16-19)24(30)29-14-12-28(13-15-29)23-11-10-21(26-27-23)20-8-3-4-9-22(20)31-2/h3-11,16-17H,12-15H2,1-2H3. The van der Waals surface area contributed by atoms with E-state index in [4.69, 9.17) is 9.47 Å². The molecule has 0 N–H and O–H groups in total. The maximum absolute atomic E-state index is 13.3. The van der Waals surface area contributed by atoms with Crippen LogP contribution >= 0.6 is 0 Å². The number of nitrogens with zero attached hydrogens (tertiary/aromatic N) is 4. The number of piperazine rings is 1. The van der Waals surface area contributed by atoms with Crippen molar-refractivity contribution >= 4 is 11.7 Å². The Kier molecular flexibility index (Phi) is 6.49. The van der Waals surface area contributed by atoms with Crippen molar-refractivity contribution in [3.05, 3.63) is 66.5 Å². The first-order valence-electron chi connectivity index (χ1n) is 10.5. The average molecular weight is 436 g/mol. The van der Waals surface area contributed by atoms with Crippen LogP contribution in [0.2, 0.25) is 0 Å². The van der Waals surface area contributed by atoms with Crippen LogP contribution in [-0.2, 0) is 4.79 Å². The molecule has 1 amide bonds. The monoisotopic (exact) mass is 436 g/mol. The number of aromatic nitrogens is 2. The molecule has 0 aliphatic carbocycles. The third kappa shape index (κ3) is 4.80. The molecule has 4 rings (SSSR count). The minimum Gasteiger partial charge on any atom is -0.496 e. The number of carbonyl (C=O) groups excluding carboxylic acids is 1. The van der Waals surface area contributed by atoms with E-state index < -0.39 is 11.9 Å². The molecule has 1 unspecified atom stereocenters. The second-order valence-corrected chi connectivity index (χ2v) is 7.51.